The van der Waals surface area contributed by atoms with E-state index in [1.165, 1.54) is 40.6 Å². The maximum Gasteiger partial charge on any atom is 0.295 e. The number of morpholine rings is 2. The van der Waals surface area contributed by atoms with Crippen LogP contribution in [-0.4, -0.2) is 112 Å². The van der Waals surface area contributed by atoms with E-state index in [0.29, 0.717) is 50.7 Å². The van der Waals surface area contributed by atoms with Crippen LogP contribution in [0.1, 0.15) is 23.6 Å². The monoisotopic (exact) mass is 585 g/mol. The molecule has 1 N–H and O–H groups in total. The van der Waals surface area contributed by atoms with Crippen LogP contribution in [0, 0.1) is 0 Å². The summed E-state index contributed by atoms with van der Waals surface area (Å²) in [6.45, 7) is 5.21. The van der Waals surface area contributed by atoms with Crippen LogP contribution in [0.25, 0.3) is 5.76 Å². The van der Waals surface area contributed by atoms with Gasteiger partial charge in [-0.25, -0.2) is 8.42 Å². The van der Waals surface area contributed by atoms with Crippen LogP contribution >= 0.6 is 0 Å². The first-order valence-electron chi connectivity index (χ1n) is 13.7. The predicted octanol–water partition coefficient (Wildman–Crippen LogP) is 1.86. The third-order valence-electron chi connectivity index (χ3n) is 7.66. The molecule has 3 saturated heterocycles. The zero-order chi connectivity index (χ0) is 29.0. The number of sulfonamides is 1. The first-order chi connectivity index (χ1) is 19.8. The number of rotatable bonds is 9. The number of ether oxygens (including phenoxy) is 3. The highest BCUT2D eigenvalue weighted by Crippen LogP contribution is 2.40. The Kier molecular flexibility index (Phi) is 9.05. The van der Waals surface area contributed by atoms with Gasteiger partial charge in [-0.2, -0.15) is 4.31 Å². The Hall–Kier alpha value is -3.29. The van der Waals surface area contributed by atoms with Crippen LogP contribution in [0.3, 0.4) is 0 Å². The van der Waals surface area contributed by atoms with Crippen molar-refractivity contribution in [3.8, 4) is 5.75 Å². The van der Waals surface area contributed by atoms with Gasteiger partial charge in [0.25, 0.3) is 11.7 Å². The molecule has 0 aromatic heterocycles. The molecule has 3 fully saturated rings. The molecule has 1 amide bonds. The van der Waals surface area contributed by atoms with Gasteiger partial charge in [-0.3, -0.25) is 14.5 Å². The van der Waals surface area contributed by atoms with Gasteiger partial charge in [-0.15, -0.1) is 0 Å². The summed E-state index contributed by atoms with van der Waals surface area (Å²) in [6, 6.07) is 12.0. The minimum atomic E-state index is -3.73. The number of methoxy groups -OCH3 is 1. The molecule has 5 rings (SSSR count). The first-order valence-corrected chi connectivity index (χ1v) is 15.2. The van der Waals surface area contributed by atoms with Crippen molar-refractivity contribution >= 4 is 27.5 Å². The molecule has 1 unspecified atom stereocenters. The highest BCUT2D eigenvalue weighted by Gasteiger charge is 2.46. The number of hydrogen-bond donors (Lipinski definition) is 1. The summed E-state index contributed by atoms with van der Waals surface area (Å²) in [5.74, 6) is -1.28. The largest absolute Gasteiger partial charge is 0.507 e. The number of carbonyl (C=O) groups excluding carboxylic acids is 2. The van der Waals surface area contributed by atoms with Crippen molar-refractivity contribution in [2.24, 2.45) is 0 Å². The molecular weight excluding hydrogens is 550 g/mol. The average Bonchev–Trinajstić information content (AvgIpc) is 3.27. The van der Waals surface area contributed by atoms with Crippen molar-refractivity contribution in [3.63, 3.8) is 0 Å². The summed E-state index contributed by atoms with van der Waals surface area (Å²) < 4.78 is 43.5. The molecule has 0 spiro atoms. The van der Waals surface area contributed by atoms with E-state index >= 15 is 0 Å². The van der Waals surface area contributed by atoms with E-state index in [-0.39, 0.29) is 34.9 Å². The summed E-state index contributed by atoms with van der Waals surface area (Å²) in [5, 5.41) is 11.4. The predicted molar refractivity (Wildman–Crippen MR) is 150 cm³/mol. The number of Topliss-reactive ketones (excluding diaryl/α,β-unsaturated/α-hetero) is 1. The molecule has 2 aromatic carbocycles. The summed E-state index contributed by atoms with van der Waals surface area (Å²) in [6.07, 6.45) is 0.641. The van der Waals surface area contributed by atoms with Gasteiger partial charge in [-0.05, 0) is 48.4 Å². The molecule has 3 aliphatic rings. The van der Waals surface area contributed by atoms with Gasteiger partial charge < -0.3 is 24.2 Å². The maximum absolute atomic E-state index is 13.4. The summed E-state index contributed by atoms with van der Waals surface area (Å²) in [4.78, 5) is 30.5. The molecule has 0 aliphatic carbocycles. The second-order valence-corrected chi connectivity index (χ2v) is 12.1. The Morgan fingerprint density at radius 1 is 0.951 bits per heavy atom. The minimum Gasteiger partial charge on any atom is -0.507 e. The molecule has 12 heteroatoms. The molecule has 3 aliphatic heterocycles. The van der Waals surface area contributed by atoms with E-state index in [9.17, 15) is 23.1 Å². The normalized spacial score (nSPS) is 22.3. The molecule has 220 valence electrons. The number of amides is 1. The Morgan fingerprint density at radius 3 is 2.27 bits per heavy atom. The highest BCUT2D eigenvalue weighted by atomic mass is 32.2. The lowest BCUT2D eigenvalue weighted by molar-refractivity contribution is -0.140. The molecule has 0 radical (unpaired) electrons. The zero-order valence-corrected chi connectivity index (χ0v) is 23.8. The van der Waals surface area contributed by atoms with Crippen molar-refractivity contribution in [2.75, 3.05) is 72.8 Å². The lowest BCUT2D eigenvalue weighted by Crippen LogP contribution is -2.40. The number of ketones is 1. The van der Waals surface area contributed by atoms with Crippen LogP contribution < -0.4 is 4.74 Å². The molecule has 2 aromatic rings. The number of benzene rings is 2. The van der Waals surface area contributed by atoms with Gasteiger partial charge >= 0.3 is 0 Å². The molecule has 0 bridgehead atoms. The molecule has 0 saturated carbocycles. The Morgan fingerprint density at radius 2 is 1.61 bits per heavy atom. The number of likely N-dealkylation sites (tertiary alicyclic amines) is 1. The van der Waals surface area contributed by atoms with Crippen molar-refractivity contribution < 1.29 is 37.3 Å². The van der Waals surface area contributed by atoms with Gasteiger partial charge in [-0.1, -0.05) is 12.1 Å². The Balaban J connectivity index is 1.46. The molecule has 1 atom stereocenters. The van der Waals surface area contributed by atoms with E-state index in [0.717, 1.165) is 19.6 Å². The van der Waals surface area contributed by atoms with Gasteiger partial charge in [0.2, 0.25) is 10.0 Å². The SMILES string of the molecule is COc1cccc(C2C(=C(O)c3ccc(S(=O)(=O)N4CCOCC4)cc3)C(=O)C(=O)N2CCCN2CCOCC2)c1. The van der Waals surface area contributed by atoms with Gasteiger partial charge in [0.05, 0.1) is 50.0 Å². The minimum absolute atomic E-state index is 0.0431. The summed E-state index contributed by atoms with van der Waals surface area (Å²) >= 11 is 0. The van der Waals surface area contributed by atoms with E-state index in [2.05, 4.69) is 4.90 Å². The van der Waals surface area contributed by atoms with Gasteiger partial charge in [0.1, 0.15) is 11.5 Å². The van der Waals surface area contributed by atoms with Crippen molar-refractivity contribution in [1.82, 2.24) is 14.1 Å². The fraction of sp³-hybridized carbons (Fsp3) is 0.448. The van der Waals surface area contributed by atoms with Crippen molar-refractivity contribution in [2.45, 2.75) is 17.4 Å². The molecular formula is C29H35N3O8S. The van der Waals surface area contributed by atoms with E-state index in [1.807, 2.05) is 0 Å². The highest BCUT2D eigenvalue weighted by molar-refractivity contribution is 7.89. The van der Waals surface area contributed by atoms with Crippen LogP contribution in [0.15, 0.2) is 59.0 Å². The lowest BCUT2D eigenvalue weighted by atomic mass is 9.95. The Bertz CT molecular complexity index is 1400. The van der Waals surface area contributed by atoms with Crippen LogP contribution in [-0.2, 0) is 29.1 Å². The number of carbonyl (C=O) groups is 2. The molecule has 11 nitrogen and oxygen atoms in total. The quantitative estimate of drug-likeness (QED) is 0.267. The third-order valence-corrected chi connectivity index (χ3v) is 9.58. The third kappa shape index (κ3) is 6.16. The average molecular weight is 586 g/mol. The van der Waals surface area contributed by atoms with E-state index in [1.54, 1.807) is 24.3 Å². The van der Waals surface area contributed by atoms with Crippen molar-refractivity contribution in [1.29, 1.82) is 0 Å². The fourth-order valence-electron chi connectivity index (χ4n) is 5.43. The number of aliphatic hydroxyl groups excluding tert-OH is 1. The molecule has 41 heavy (non-hydrogen) atoms. The van der Waals surface area contributed by atoms with Crippen LogP contribution in [0.2, 0.25) is 0 Å². The summed E-state index contributed by atoms with van der Waals surface area (Å²) in [5.41, 5.74) is 0.826. The maximum atomic E-state index is 13.4. The summed E-state index contributed by atoms with van der Waals surface area (Å²) in [7, 11) is -2.20. The standard InChI is InChI=1S/C29H35N3O8S/c1-38-23-5-2-4-22(20-23)26-25(28(34)29(35)32(26)11-3-10-30-12-16-39-17-13-30)27(33)21-6-8-24(9-7-21)41(36,37)31-14-18-40-19-15-31/h2,4-9,20,26,33H,3,10-19H2,1H3. The number of aliphatic hydroxyl groups is 1. The second kappa shape index (κ2) is 12.7. The lowest BCUT2D eigenvalue weighted by Gasteiger charge is -2.29. The molecule has 3 heterocycles. The van der Waals surface area contributed by atoms with E-state index < -0.39 is 27.8 Å². The topological polar surface area (TPSA) is 126 Å². The fourth-order valence-corrected chi connectivity index (χ4v) is 6.84. The van der Waals surface area contributed by atoms with E-state index in [4.69, 9.17) is 14.2 Å². The smallest absolute Gasteiger partial charge is 0.295 e. The van der Waals surface area contributed by atoms with Crippen molar-refractivity contribution in [3.05, 3.63) is 65.2 Å². The zero-order valence-electron chi connectivity index (χ0n) is 23.0. The van der Waals surface area contributed by atoms with Crippen LogP contribution in [0.5, 0.6) is 5.75 Å². The number of hydrogen-bond acceptors (Lipinski definition) is 9. The van der Waals surface area contributed by atoms with Gasteiger partial charge in [0, 0.05) is 44.8 Å². The number of nitrogens with zero attached hydrogens (tertiary/aromatic N) is 3. The van der Waals surface area contributed by atoms with Gasteiger partial charge in [0.15, 0.2) is 0 Å². The first kappa shape index (κ1) is 29.2. The Labute approximate surface area is 239 Å². The van der Waals surface area contributed by atoms with Crippen LogP contribution in [0.4, 0.5) is 0 Å². The second-order valence-electron chi connectivity index (χ2n) is 10.1.